The second kappa shape index (κ2) is 6.06. The molecule has 1 saturated heterocycles. The van der Waals surface area contributed by atoms with Gasteiger partial charge in [0.2, 0.25) is 11.8 Å². The summed E-state index contributed by atoms with van der Waals surface area (Å²) < 4.78 is 0. The molecule has 1 aromatic carbocycles. The van der Waals surface area contributed by atoms with Crippen LogP contribution in [0.5, 0.6) is 0 Å². The molecule has 4 nitrogen and oxygen atoms in total. The molecule has 2 rings (SSSR count). The van der Waals surface area contributed by atoms with Gasteiger partial charge in [0.05, 0.1) is 6.04 Å². The molecule has 21 heavy (non-hydrogen) atoms. The number of nitrogens with one attached hydrogen (secondary N) is 1. The van der Waals surface area contributed by atoms with Crippen molar-refractivity contribution in [2.75, 3.05) is 6.54 Å². The lowest BCUT2D eigenvalue weighted by Crippen LogP contribution is -2.55. The lowest BCUT2D eigenvalue weighted by atomic mass is 9.95. The van der Waals surface area contributed by atoms with Crippen LogP contribution in [-0.2, 0) is 9.59 Å². The van der Waals surface area contributed by atoms with Crippen LogP contribution in [-0.4, -0.2) is 28.8 Å². The van der Waals surface area contributed by atoms with Gasteiger partial charge in [-0.05, 0) is 31.9 Å². The van der Waals surface area contributed by atoms with E-state index >= 15 is 0 Å². The van der Waals surface area contributed by atoms with Crippen molar-refractivity contribution in [1.82, 2.24) is 10.2 Å². The molecule has 0 spiro atoms. The molecule has 0 aromatic heterocycles. The van der Waals surface area contributed by atoms with Gasteiger partial charge in [-0.3, -0.25) is 9.59 Å². The first kappa shape index (κ1) is 15.8. The summed E-state index contributed by atoms with van der Waals surface area (Å²) in [5.41, 5.74) is 0.0589. The summed E-state index contributed by atoms with van der Waals surface area (Å²) in [4.78, 5) is 26.4. The van der Waals surface area contributed by atoms with Crippen molar-refractivity contribution < 1.29 is 9.59 Å². The Morgan fingerprint density at radius 2 is 2.05 bits per heavy atom. The van der Waals surface area contributed by atoms with E-state index in [1.165, 1.54) is 0 Å². The molecule has 1 aromatic rings. The van der Waals surface area contributed by atoms with Crippen molar-refractivity contribution in [1.29, 1.82) is 0 Å². The van der Waals surface area contributed by atoms with E-state index in [9.17, 15) is 9.59 Å². The van der Waals surface area contributed by atoms with Crippen LogP contribution < -0.4 is 5.32 Å². The standard InChI is InChI=1S/C16H21ClN2O2/c1-4-16(3)15(21)19(10-9-14(20)18-16)11(2)12-7-5-6-8-13(12)17/h5-8,11H,4,9-10H2,1-3H3,(H,18,20). The Labute approximate surface area is 130 Å². The summed E-state index contributed by atoms with van der Waals surface area (Å²) in [5.74, 6) is -0.134. The van der Waals surface area contributed by atoms with Gasteiger partial charge >= 0.3 is 0 Å². The highest BCUT2D eigenvalue weighted by molar-refractivity contribution is 6.31. The maximum absolute atomic E-state index is 12.8. The van der Waals surface area contributed by atoms with Crippen molar-refractivity contribution in [3.05, 3.63) is 34.9 Å². The topological polar surface area (TPSA) is 49.4 Å². The van der Waals surface area contributed by atoms with Crippen molar-refractivity contribution in [3.63, 3.8) is 0 Å². The zero-order valence-corrected chi connectivity index (χ0v) is 13.4. The van der Waals surface area contributed by atoms with Gasteiger partial charge in [-0.25, -0.2) is 0 Å². The minimum Gasteiger partial charge on any atom is -0.342 e. The molecule has 0 aliphatic carbocycles. The van der Waals surface area contributed by atoms with E-state index in [0.29, 0.717) is 24.4 Å². The highest BCUT2D eigenvalue weighted by atomic mass is 35.5. The van der Waals surface area contributed by atoms with E-state index in [1.807, 2.05) is 38.1 Å². The Morgan fingerprint density at radius 1 is 1.38 bits per heavy atom. The minimum absolute atomic E-state index is 0.0525. The largest absolute Gasteiger partial charge is 0.342 e. The van der Waals surface area contributed by atoms with Gasteiger partial charge < -0.3 is 10.2 Å². The van der Waals surface area contributed by atoms with Crippen LogP contribution in [0, 0.1) is 0 Å². The third-order valence-corrected chi connectivity index (χ3v) is 4.60. The summed E-state index contributed by atoms with van der Waals surface area (Å²) in [5, 5.41) is 3.48. The number of benzene rings is 1. The molecular formula is C16H21ClN2O2. The number of halogens is 1. The fourth-order valence-electron chi connectivity index (χ4n) is 2.66. The van der Waals surface area contributed by atoms with Gasteiger partial charge in [0, 0.05) is 18.0 Å². The predicted molar refractivity (Wildman–Crippen MR) is 83.0 cm³/mol. The van der Waals surface area contributed by atoms with E-state index in [2.05, 4.69) is 5.32 Å². The second-order valence-electron chi connectivity index (χ2n) is 5.68. The molecule has 1 aliphatic heterocycles. The van der Waals surface area contributed by atoms with E-state index in [-0.39, 0.29) is 17.9 Å². The van der Waals surface area contributed by atoms with E-state index < -0.39 is 5.54 Å². The summed E-state index contributed by atoms with van der Waals surface area (Å²) in [7, 11) is 0. The minimum atomic E-state index is -0.844. The third kappa shape index (κ3) is 3.05. The Bertz CT molecular complexity index is 561. The Kier molecular flexibility index (Phi) is 4.57. The summed E-state index contributed by atoms with van der Waals surface area (Å²) >= 11 is 6.24. The van der Waals surface area contributed by atoms with Crippen LogP contribution in [0.15, 0.2) is 24.3 Å². The molecule has 1 aliphatic rings. The van der Waals surface area contributed by atoms with E-state index in [0.717, 1.165) is 5.56 Å². The molecule has 1 fully saturated rings. The molecule has 0 radical (unpaired) electrons. The number of carbonyl (C=O) groups is 2. The normalized spacial score (nSPS) is 24.5. The van der Waals surface area contributed by atoms with Gasteiger partial charge in [0.25, 0.3) is 0 Å². The number of hydrogen-bond donors (Lipinski definition) is 1. The van der Waals surface area contributed by atoms with Crippen molar-refractivity contribution >= 4 is 23.4 Å². The second-order valence-corrected chi connectivity index (χ2v) is 6.09. The lowest BCUT2D eigenvalue weighted by Gasteiger charge is -2.35. The number of rotatable bonds is 3. The third-order valence-electron chi connectivity index (χ3n) is 4.26. The van der Waals surface area contributed by atoms with Crippen LogP contribution in [0.1, 0.15) is 45.2 Å². The first-order chi connectivity index (χ1) is 9.89. The molecule has 5 heteroatoms. The number of amides is 2. The molecule has 1 heterocycles. The highest BCUT2D eigenvalue weighted by Crippen LogP contribution is 2.30. The highest BCUT2D eigenvalue weighted by Gasteiger charge is 2.41. The number of carbonyl (C=O) groups excluding carboxylic acids is 2. The van der Waals surface area contributed by atoms with E-state index in [1.54, 1.807) is 11.8 Å². The van der Waals surface area contributed by atoms with Crippen molar-refractivity contribution in [2.24, 2.45) is 0 Å². The molecular weight excluding hydrogens is 288 g/mol. The molecule has 2 amide bonds. The van der Waals surface area contributed by atoms with Crippen LogP contribution in [0.2, 0.25) is 5.02 Å². The van der Waals surface area contributed by atoms with Crippen LogP contribution in [0.4, 0.5) is 0 Å². The number of hydrogen-bond acceptors (Lipinski definition) is 2. The molecule has 0 saturated carbocycles. The quantitative estimate of drug-likeness (QED) is 0.933. The molecule has 2 unspecified atom stereocenters. The molecule has 1 N–H and O–H groups in total. The van der Waals surface area contributed by atoms with Gasteiger partial charge in [-0.2, -0.15) is 0 Å². The maximum Gasteiger partial charge on any atom is 0.248 e. The summed E-state index contributed by atoms with van der Waals surface area (Å²) in [6.07, 6.45) is 0.874. The average Bonchev–Trinajstić information content (AvgIpc) is 2.57. The SMILES string of the molecule is CCC1(C)NC(=O)CCN(C(C)c2ccccc2Cl)C1=O. The smallest absolute Gasteiger partial charge is 0.248 e. The van der Waals surface area contributed by atoms with Crippen LogP contribution in [0.25, 0.3) is 0 Å². The Balaban J connectivity index is 2.35. The lowest BCUT2D eigenvalue weighted by molar-refractivity contribution is -0.140. The zero-order valence-electron chi connectivity index (χ0n) is 12.6. The summed E-state index contributed by atoms with van der Waals surface area (Å²) in [6, 6.07) is 7.35. The fourth-order valence-corrected chi connectivity index (χ4v) is 2.95. The average molecular weight is 309 g/mol. The van der Waals surface area contributed by atoms with Gasteiger partial charge in [-0.15, -0.1) is 0 Å². The first-order valence-corrected chi connectivity index (χ1v) is 7.63. The first-order valence-electron chi connectivity index (χ1n) is 7.25. The monoisotopic (exact) mass is 308 g/mol. The maximum atomic E-state index is 12.8. The number of nitrogens with zero attached hydrogens (tertiary/aromatic N) is 1. The predicted octanol–water partition coefficient (Wildman–Crippen LogP) is 2.92. The zero-order chi connectivity index (χ0) is 15.6. The molecule has 0 bridgehead atoms. The van der Waals surface area contributed by atoms with Crippen LogP contribution in [0.3, 0.4) is 0 Å². The van der Waals surface area contributed by atoms with Crippen molar-refractivity contribution in [3.8, 4) is 0 Å². The van der Waals surface area contributed by atoms with Gasteiger partial charge in [0.1, 0.15) is 5.54 Å². The summed E-state index contributed by atoms with van der Waals surface area (Å²) in [6.45, 7) is 6.05. The van der Waals surface area contributed by atoms with Crippen molar-refractivity contribution in [2.45, 2.75) is 45.2 Å². The van der Waals surface area contributed by atoms with E-state index in [4.69, 9.17) is 11.6 Å². The van der Waals surface area contributed by atoms with Gasteiger partial charge in [0.15, 0.2) is 0 Å². The molecule has 114 valence electrons. The van der Waals surface area contributed by atoms with Gasteiger partial charge in [-0.1, -0.05) is 36.7 Å². The molecule has 2 atom stereocenters. The Morgan fingerprint density at radius 3 is 2.67 bits per heavy atom. The van der Waals surface area contributed by atoms with Crippen LogP contribution >= 0.6 is 11.6 Å². The fraction of sp³-hybridized carbons (Fsp3) is 0.500. The Hall–Kier alpha value is -1.55.